The van der Waals surface area contributed by atoms with Crippen LogP contribution in [0.1, 0.15) is 17.2 Å². The highest BCUT2D eigenvalue weighted by Gasteiger charge is 2.13. The third kappa shape index (κ3) is 2.78. The van der Waals surface area contributed by atoms with E-state index in [0.717, 1.165) is 5.56 Å². The Hall–Kier alpha value is -1.09. The number of hydrogen-bond donors (Lipinski definition) is 1. The number of hydrogen-bond acceptors (Lipinski definition) is 1. The van der Waals surface area contributed by atoms with Gasteiger partial charge in [-0.3, -0.25) is 0 Å². The molecule has 4 heteroatoms. The number of nitrogens with two attached hydrogens (primary N) is 1. The molecule has 0 aliphatic carbocycles. The van der Waals surface area contributed by atoms with Crippen LogP contribution in [0.4, 0.5) is 4.39 Å². The lowest BCUT2D eigenvalue weighted by Crippen LogP contribution is -2.12. The molecular weight excluding hydrogens is 260 g/mol. The molecule has 0 saturated heterocycles. The van der Waals surface area contributed by atoms with Gasteiger partial charge in [-0.1, -0.05) is 41.4 Å². The van der Waals surface area contributed by atoms with Crippen LogP contribution in [0.15, 0.2) is 42.5 Å². The van der Waals surface area contributed by atoms with Gasteiger partial charge in [0.2, 0.25) is 0 Å². The summed E-state index contributed by atoms with van der Waals surface area (Å²) in [4.78, 5) is 0. The molecule has 0 spiro atoms. The van der Waals surface area contributed by atoms with E-state index < -0.39 is 6.04 Å². The van der Waals surface area contributed by atoms with Crippen molar-refractivity contribution in [3.8, 4) is 0 Å². The maximum Gasteiger partial charge on any atom is 0.123 e. The van der Waals surface area contributed by atoms with Gasteiger partial charge in [-0.15, -0.1) is 0 Å². The van der Waals surface area contributed by atoms with E-state index in [1.807, 2.05) is 0 Å². The molecule has 0 bridgehead atoms. The third-order valence-electron chi connectivity index (χ3n) is 2.51. The summed E-state index contributed by atoms with van der Waals surface area (Å²) in [6, 6.07) is 10.8. The normalized spacial score (nSPS) is 12.5. The molecule has 17 heavy (non-hydrogen) atoms. The van der Waals surface area contributed by atoms with Gasteiger partial charge in [-0.05, 0) is 35.4 Å². The van der Waals surface area contributed by atoms with E-state index in [1.54, 1.807) is 30.3 Å². The second-order valence-corrected chi connectivity index (χ2v) is 4.54. The molecule has 2 rings (SSSR count). The molecule has 2 N–H and O–H groups in total. The Balaban J connectivity index is 2.40. The summed E-state index contributed by atoms with van der Waals surface area (Å²) in [6.45, 7) is 0. The minimum atomic E-state index is -0.463. The fraction of sp³-hybridized carbons (Fsp3) is 0.0769. The Bertz CT molecular complexity index is 543. The molecule has 88 valence electrons. The van der Waals surface area contributed by atoms with E-state index in [0.29, 0.717) is 15.6 Å². The molecule has 1 atom stereocenters. The first-order valence-electron chi connectivity index (χ1n) is 5.04. The SMILES string of the molecule is NC(c1cccc(F)c1)c1ccc(Cl)cc1Cl. The van der Waals surface area contributed by atoms with Crippen molar-refractivity contribution < 1.29 is 4.39 Å². The maximum atomic E-state index is 13.1. The highest BCUT2D eigenvalue weighted by atomic mass is 35.5. The summed E-state index contributed by atoms with van der Waals surface area (Å²) >= 11 is 11.9. The van der Waals surface area contributed by atoms with Gasteiger partial charge in [0.05, 0.1) is 6.04 Å². The summed E-state index contributed by atoms with van der Waals surface area (Å²) in [6.07, 6.45) is 0. The average molecular weight is 270 g/mol. The predicted octanol–water partition coefficient (Wildman–Crippen LogP) is 4.18. The van der Waals surface area contributed by atoms with Crippen LogP contribution in [0, 0.1) is 5.82 Å². The van der Waals surface area contributed by atoms with Gasteiger partial charge >= 0.3 is 0 Å². The monoisotopic (exact) mass is 269 g/mol. The van der Waals surface area contributed by atoms with Crippen molar-refractivity contribution in [3.05, 3.63) is 69.5 Å². The van der Waals surface area contributed by atoms with E-state index in [9.17, 15) is 4.39 Å². The predicted molar refractivity (Wildman–Crippen MR) is 68.9 cm³/mol. The Morgan fingerprint density at radius 3 is 2.47 bits per heavy atom. The first kappa shape index (κ1) is 12.4. The third-order valence-corrected chi connectivity index (χ3v) is 3.07. The zero-order valence-corrected chi connectivity index (χ0v) is 10.3. The molecule has 0 amide bonds. The summed E-state index contributed by atoms with van der Waals surface area (Å²) in [5, 5.41) is 1.03. The highest BCUT2D eigenvalue weighted by Crippen LogP contribution is 2.29. The lowest BCUT2D eigenvalue weighted by molar-refractivity contribution is 0.623. The Morgan fingerprint density at radius 2 is 1.82 bits per heavy atom. The zero-order valence-electron chi connectivity index (χ0n) is 8.83. The fourth-order valence-electron chi connectivity index (χ4n) is 1.63. The van der Waals surface area contributed by atoms with Crippen molar-refractivity contribution in [1.29, 1.82) is 0 Å². The number of halogens is 3. The first-order chi connectivity index (χ1) is 8.08. The molecule has 0 aliphatic rings. The topological polar surface area (TPSA) is 26.0 Å². The quantitative estimate of drug-likeness (QED) is 0.870. The number of benzene rings is 2. The molecule has 1 unspecified atom stereocenters. The van der Waals surface area contributed by atoms with Crippen molar-refractivity contribution in [2.45, 2.75) is 6.04 Å². The van der Waals surface area contributed by atoms with Crippen molar-refractivity contribution >= 4 is 23.2 Å². The average Bonchev–Trinajstić information content (AvgIpc) is 2.28. The van der Waals surface area contributed by atoms with Gasteiger partial charge in [-0.2, -0.15) is 0 Å². The molecule has 2 aromatic rings. The minimum Gasteiger partial charge on any atom is -0.320 e. The smallest absolute Gasteiger partial charge is 0.123 e. The van der Waals surface area contributed by atoms with Crippen LogP contribution in [0.5, 0.6) is 0 Å². The molecule has 0 aromatic heterocycles. The summed E-state index contributed by atoms with van der Waals surface area (Å²) in [5.41, 5.74) is 7.44. The Kier molecular flexibility index (Phi) is 3.67. The van der Waals surface area contributed by atoms with E-state index in [2.05, 4.69) is 0 Å². The van der Waals surface area contributed by atoms with Crippen LogP contribution in [0.25, 0.3) is 0 Å². The van der Waals surface area contributed by atoms with E-state index >= 15 is 0 Å². The van der Waals surface area contributed by atoms with Crippen LogP contribution in [-0.2, 0) is 0 Å². The van der Waals surface area contributed by atoms with Crippen LogP contribution >= 0.6 is 23.2 Å². The van der Waals surface area contributed by atoms with E-state index in [1.165, 1.54) is 12.1 Å². The summed E-state index contributed by atoms with van der Waals surface area (Å²) < 4.78 is 13.1. The Morgan fingerprint density at radius 1 is 1.06 bits per heavy atom. The van der Waals surface area contributed by atoms with Crippen LogP contribution in [0.3, 0.4) is 0 Å². The van der Waals surface area contributed by atoms with Crippen molar-refractivity contribution in [3.63, 3.8) is 0 Å². The standard InChI is InChI=1S/C13H10Cl2FN/c14-9-4-5-11(12(15)7-9)13(17)8-2-1-3-10(16)6-8/h1-7,13H,17H2. The molecule has 1 nitrogen and oxygen atoms in total. The molecule has 0 fully saturated rings. The number of rotatable bonds is 2. The maximum absolute atomic E-state index is 13.1. The van der Waals surface area contributed by atoms with E-state index in [4.69, 9.17) is 28.9 Å². The fourth-order valence-corrected chi connectivity index (χ4v) is 2.16. The van der Waals surface area contributed by atoms with Crippen molar-refractivity contribution in [1.82, 2.24) is 0 Å². The largest absolute Gasteiger partial charge is 0.320 e. The lowest BCUT2D eigenvalue weighted by atomic mass is 9.99. The second kappa shape index (κ2) is 5.05. The van der Waals surface area contributed by atoms with Gasteiger partial charge in [0, 0.05) is 10.0 Å². The zero-order chi connectivity index (χ0) is 12.4. The summed E-state index contributed by atoms with van der Waals surface area (Å²) in [7, 11) is 0. The molecule has 0 radical (unpaired) electrons. The van der Waals surface area contributed by atoms with Gasteiger partial charge < -0.3 is 5.73 Å². The first-order valence-corrected chi connectivity index (χ1v) is 5.79. The Labute approximate surface area is 109 Å². The summed E-state index contributed by atoms with van der Waals surface area (Å²) in [5.74, 6) is -0.317. The van der Waals surface area contributed by atoms with Crippen molar-refractivity contribution in [2.24, 2.45) is 5.73 Å². The molecule has 0 aliphatic heterocycles. The molecular formula is C13H10Cl2FN. The van der Waals surface area contributed by atoms with Gasteiger partial charge in [-0.25, -0.2) is 4.39 Å². The van der Waals surface area contributed by atoms with Crippen LogP contribution in [-0.4, -0.2) is 0 Å². The van der Waals surface area contributed by atoms with Gasteiger partial charge in [0.25, 0.3) is 0 Å². The molecule has 0 heterocycles. The van der Waals surface area contributed by atoms with E-state index in [-0.39, 0.29) is 5.82 Å². The molecule has 2 aromatic carbocycles. The van der Waals surface area contributed by atoms with Crippen LogP contribution in [0.2, 0.25) is 10.0 Å². The second-order valence-electron chi connectivity index (χ2n) is 3.70. The minimum absolute atomic E-state index is 0.317. The van der Waals surface area contributed by atoms with Crippen molar-refractivity contribution in [2.75, 3.05) is 0 Å². The highest BCUT2D eigenvalue weighted by molar-refractivity contribution is 6.35. The van der Waals surface area contributed by atoms with Gasteiger partial charge in [0.15, 0.2) is 0 Å². The van der Waals surface area contributed by atoms with Gasteiger partial charge in [0.1, 0.15) is 5.82 Å². The molecule has 0 saturated carbocycles. The van der Waals surface area contributed by atoms with Crippen LogP contribution < -0.4 is 5.73 Å². The lowest BCUT2D eigenvalue weighted by Gasteiger charge is -2.14.